The Morgan fingerprint density at radius 1 is 1.10 bits per heavy atom. The monoisotopic (exact) mass is 424 g/mol. The van der Waals surface area contributed by atoms with Crippen molar-refractivity contribution in [1.29, 1.82) is 0 Å². The van der Waals surface area contributed by atoms with E-state index in [-0.39, 0.29) is 24.9 Å². The summed E-state index contributed by atoms with van der Waals surface area (Å²) < 4.78 is 49.0. The van der Waals surface area contributed by atoms with Gasteiger partial charge >= 0.3 is 0 Å². The Hall–Kier alpha value is -2.65. The fraction of sp³-hybridized carbons (Fsp3) is 0.350. The van der Waals surface area contributed by atoms with Gasteiger partial charge in [0.1, 0.15) is 11.6 Å². The van der Waals surface area contributed by atoms with Crippen LogP contribution in [0.5, 0.6) is 5.75 Å². The highest BCUT2D eigenvalue weighted by molar-refractivity contribution is 7.92. The van der Waals surface area contributed by atoms with Crippen LogP contribution in [-0.4, -0.2) is 47.4 Å². The Morgan fingerprint density at radius 3 is 2.34 bits per heavy atom. The molecule has 0 spiro atoms. The average Bonchev–Trinajstić information content (AvgIpc) is 2.69. The molecule has 0 unspecified atom stereocenters. The molecule has 0 fully saturated rings. The number of hydrogen-bond donors (Lipinski definition) is 1. The van der Waals surface area contributed by atoms with Gasteiger partial charge < -0.3 is 14.8 Å². The van der Waals surface area contributed by atoms with Gasteiger partial charge in [0, 0.05) is 20.3 Å². The van der Waals surface area contributed by atoms with Gasteiger partial charge in [-0.25, -0.2) is 12.8 Å². The van der Waals surface area contributed by atoms with Crippen molar-refractivity contribution in [3.05, 3.63) is 59.9 Å². The molecule has 9 heteroatoms. The minimum Gasteiger partial charge on any atom is -0.484 e. The summed E-state index contributed by atoms with van der Waals surface area (Å²) >= 11 is 0. The first-order valence-electron chi connectivity index (χ1n) is 9.00. The van der Waals surface area contributed by atoms with Crippen molar-refractivity contribution in [3.8, 4) is 5.75 Å². The van der Waals surface area contributed by atoms with E-state index in [1.807, 2.05) is 0 Å². The zero-order chi connectivity index (χ0) is 21.3. The van der Waals surface area contributed by atoms with Crippen molar-refractivity contribution >= 4 is 21.6 Å². The molecule has 7 nitrogen and oxygen atoms in total. The molecule has 1 N–H and O–H groups in total. The molecule has 2 aromatic carbocycles. The first-order valence-corrected chi connectivity index (χ1v) is 10.8. The number of carbonyl (C=O) groups excluding carboxylic acids is 1. The summed E-state index contributed by atoms with van der Waals surface area (Å²) in [5.74, 6) is -0.195. The summed E-state index contributed by atoms with van der Waals surface area (Å²) in [4.78, 5) is 11.7. The third kappa shape index (κ3) is 7.71. The second-order valence-electron chi connectivity index (χ2n) is 6.37. The van der Waals surface area contributed by atoms with E-state index in [1.165, 1.54) is 28.6 Å². The van der Waals surface area contributed by atoms with Gasteiger partial charge in [-0.3, -0.25) is 9.10 Å². The second kappa shape index (κ2) is 10.8. The van der Waals surface area contributed by atoms with Crippen LogP contribution >= 0.6 is 0 Å². The number of hydrogen-bond acceptors (Lipinski definition) is 5. The molecular weight excluding hydrogens is 399 g/mol. The van der Waals surface area contributed by atoms with Gasteiger partial charge in [0.25, 0.3) is 5.91 Å². The number of nitrogens with one attached hydrogen (secondary N) is 1. The van der Waals surface area contributed by atoms with Crippen molar-refractivity contribution in [2.75, 3.05) is 37.4 Å². The fourth-order valence-electron chi connectivity index (χ4n) is 2.51. The number of carbonyl (C=O) groups is 1. The van der Waals surface area contributed by atoms with Crippen LogP contribution in [0.4, 0.5) is 10.1 Å². The molecular formula is C20H25FN2O5S. The van der Waals surface area contributed by atoms with Gasteiger partial charge in [-0.05, 0) is 48.4 Å². The molecule has 0 heterocycles. The maximum absolute atomic E-state index is 13.1. The number of sulfonamides is 1. The molecule has 0 atom stereocenters. The molecule has 0 saturated heterocycles. The van der Waals surface area contributed by atoms with Crippen LogP contribution in [0.2, 0.25) is 0 Å². The Bertz CT molecular complexity index is 886. The summed E-state index contributed by atoms with van der Waals surface area (Å²) in [6.45, 7) is 1.000. The molecule has 0 radical (unpaired) electrons. The maximum Gasteiger partial charge on any atom is 0.257 e. The van der Waals surface area contributed by atoms with E-state index in [2.05, 4.69) is 5.32 Å². The van der Waals surface area contributed by atoms with Crippen LogP contribution in [0.15, 0.2) is 48.5 Å². The van der Waals surface area contributed by atoms with Crippen molar-refractivity contribution in [2.24, 2.45) is 0 Å². The Kier molecular flexibility index (Phi) is 8.41. The van der Waals surface area contributed by atoms with E-state index >= 15 is 0 Å². The summed E-state index contributed by atoms with van der Waals surface area (Å²) in [6.07, 6.45) is 1.82. The average molecular weight is 424 g/mol. The lowest BCUT2D eigenvalue weighted by atomic mass is 10.2. The lowest BCUT2D eigenvalue weighted by molar-refractivity contribution is -0.123. The van der Waals surface area contributed by atoms with Gasteiger partial charge in [0.05, 0.1) is 18.5 Å². The molecule has 29 heavy (non-hydrogen) atoms. The van der Waals surface area contributed by atoms with E-state index in [9.17, 15) is 17.6 Å². The number of anilines is 1. The minimum atomic E-state index is -3.56. The first kappa shape index (κ1) is 22.6. The Morgan fingerprint density at radius 2 is 1.76 bits per heavy atom. The molecule has 0 aromatic heterocycles. The van der Waals surface area contributed by atoms with Crippen LogP contribution in [0.25, 0.3) is 0 Å². The minimum absolute atomic E-state index is 0.0726. The molecule has 0 saturated carbocycles. The van der Waals surface area contributed by atoms with Crippen LogP contribution in [-0.2, 0) is 26.1 Å². The number of halogens is 1. The standard InChI is InChI=1S/C20H25FN2O5S/c1-27-13-3-12-22-20(24)15-28-19-10-8-18(9-11-19)23(29(2,25)26)14-16-4-6-17(21)7-5-16/h4-11H,3,12-15H2,1-2H3,(H,22,24). The van der Waals surface area contributed by atoms with Gasteiger partial charge in [0.2, 0.25) is 10.0 Å². The van der Waals surface area contributed by atoms with Crippen LogP contribution in [0.1, 0.15) is 12.0 Å². The number of nitrogens with zero attached hydrogens (tertiary/aromatic N) is 1. The van der Waals surface area contributed by atoms with Crippen molar-refractivity contribution in [3.63, 3.8) is 0 Å². The molecule has 2 rings (SSSR count). The zero-order valence-corrected chi connectivity index (χ0v) is 17.2. The second-order valence-corrected chi connectivity index (χ2v) is 8.28. The summed E-state index contributed by atoms with van der Waals surface area (Å²) in [7, 11) is -1.96. The summed E-state index contributed by atoms with van der Waals surface area (Å²) in [5, 5.41) is 2.71. The number of benzene rings is 2. The topological polar surface area (TPSA) is 84.9 Å². The molecule has 0 aliphatic heterocycles. The van der Waals surface area contributed by atoms with E-state index in [0.717, 1.165) is 6.26 Å². The quantitative estimate of drug-likeness (QED) is 0.560. The predicted molar refractivity (Wildman–Crippen MR) is 109 cm³/mol. The van der Waals surface area contributed by atoms with Crippen LogP contribution in [0, 0.1) is 5.82 Å². The lowest BCUT2D eigenvalue weighted by Gasteiger charge is -2.22. The van der Waals surface area contributed by atoms with E-state index in [0.29, 0.717) is 36.6 Å². The third-order valence-electron chi connectivity index (χ3n) is 3.98. The summed E-state index contributed by atoms with van der Waals surface area (Å²) in [5.41, 5.74) is 1.09. The van der Waals surface area contributed by atoms with Crippen molar-refractivity contribution < 1.29 is 27.1 Å². The fourth-order valence-corrected chi connectivity index (χ4v) is 3.40. The van der Waals surface area contributed by atoms with E-state index in [1.54, 1.807) is 31.4 Å². The van der Waals surface area contributed by atoms with E-state index in [4.69, 9.17) is 9.47 Å². The summed E-state index contributed by atoms with van der Waals surface area (Å²) in [6, 6.07) is 12.0. The van der Waals surface area contributed by atoms with Gasteiger partial charge in [0.15, 0.2) is 6.61 Å². The largest absolute Gasteiger partial charge is 0.484 e. The Labute approximate surface area is 170 Å². The van der Waals surface area contributed by atoms with Crippen molar-refractivity contribution in [2.45, 2.75) is 13.0 Å². The highest BCUT2D eigenvalue weighted by Crippen LogP contribution is 2.23. The molecule has 1 amide bonds. The molecule has 2 aromatic rings. The predicted octanol–water partition coefficient (Wildman–Crippen LogP) is 2.32. The SMILES string of the molecule is COCCCNC(=O)COc1ccc(N(Cc2ccc(F)cc2)S(C)(=O)=O)cc1. The highest BCUT2D eigenvalue weighted by Gasteiger charge is 2.18. The van der Waals surface area contributed by atoms with Crippen LogP contribution in [0.3, 0.4) is 0 Å². The molecule has 0 aliphatic rings. The van der Waals surface area contributed by atoms with Gasteiger partial charge in [-0.1, -0.05) is 12.1 Å². The van der Waals surface area contributed by atoms with Crippen LogP contribution < -0.4 is 14.4 Å². The lowest BCUT2D eigenvalue weighted by Crippen LogP contribution is -2.30. The van der Waals surface area contributed by atoms with Gasteiger partial charge in [-0.2, -0.15) is 0 Å². The Balaban J connectivity index is 1.98. The number of amides is 1. The number of ether oxygens (including phenoxy) is 2. The third-order valence-corrected chi connectivity index (χ3v) is 5.12. The maximum atomic E-state index is 13.1. The van der Waals surface area contributed by atoms with Crippen molar-refractivity contribution in [1.82, 2.24) is 5.32 Å². The van der Waals surface area contributed by atoms with E-state index < -0.39 is 10.0 Å². The van der Waals surface area contributed by atoms with Gasteiger partial charge in [-0.15, -0.1) is 0 Å². The smallest absolute Gasteiger partial charge is 0.257 e. The number of methoxy groups -OCH3 is 1. The first-order chi connectivity index (χ1) is 13.8. The molecule has 0 aliphatic carbocycles. The molecule has 158 valence electrons. The normalized spacial score (nSPS) is 11.1. The number of rotatable bonds is 11. The highest BCUT2D eigenvalue weighted by atomic mass is 32.2. The molecule has 0 bridgehead atoms. The zero-order valence-electron chi connectivity index (χ0n) is 16.4.